The SMILES string of the molecule is COc1cc(I)ccc1CC(=O)CCl. The van der Waals surface area contributed by atoms with Crippen LogP contribution in [-0.4, -0.2) is 18.8 Å². The standard InChI is InChI=1S/C10H10ClIO2/c1-14-10-5-8(12)3-2-7(10)4-9(13)6-11/h2-3,5H,4,6H2,1H3. The molecular weight excluding hydrogens is 314 g/mol. The monoisotopic (exact) mass is 324 g/mol. The van der Waals surface area contributed by atoms with E-state index in [-0.39, 0.29) is 11.7 Å². The minimum atomic E-state index is 0.00572. The minimum absolute atomic E-state index is 0.00572. The Kier molecular flexibility index (Phi) is 4.68. The van der Waals surface area contributed by atoms with E-state index in [1.54, 1.807) is 7.11 Å². The van der Waals surface area contributed by atoms with Gasteiger partial charge in [0.25, 0.3) is 0 Å². The van der Waals surface area contributed by atoms with Gasteiger partial charge in [-0.3, -0.25) is 4.79 Å². The summed E-state index contributed by atoms with van der Waals surface area (Å²) in [5, 5.41) is 0. The van der Waals surface area contributed by atoms with Crippen molar-refractivity contribution in [1.29, 1.82) is 0 Å². The lowest BCUT2D eigenvalue weighted by Gasteiger charge is -2.07. The average molecular weight is 325 g/mol. The molecule has 1 rings (SSSR count). The van der Waals surface area contributed by atoms with Crippen LogP contribution in [0, 0.1) is 3.57 Å². The number of ether oxygens (including phenoxy) is 1. The second kappa shape index (κ2) is 5.56. The third-order valence-electron chi connectivity index (χ3n) is 1.79. The predicted molar refractivity (Wildman–Crippen MR) is 65.1 cm³/mol. The van der Waals surface area contributed by atoms with Crippen molar-refractivity contribution in [2.75, 3.05) is 13.0 Å². The van der Waals surface area contributed by atoms with E-state index in [1.807, 2.05) is 18.2 Å². The molecule has 4 heteroatoms. The summed E-state index contributed by atoms with van der Waals surface area (Å²) in [4.78, 5) is 11.1. The fraction of sp³-hybridized carbons (Fsp3) is 0.300. The maximum Gasteiger partial charge on any atom is 0.152 e. The Morgan fingerprint density at radius 3 is 2.86 bits per heavy atom. The zero-order chi connectivity index (χ0) is 10.6. The van der Waals surface area contributed by atoms with E-state index in [9.17, 15) is 4.79 Å². The lowest BCUT2D eigenvalue weighted by Crippen LogP contribution is -2.05. The molecule has 0 heterocycles. The Morgan fingerprint density at radius 1 is 1.57 bits per heavy atom. The van der Waals surface area contributed by atoms with Crippen molar-refractivity contribution in [1.82, 2.24) is 0 Å². The van der Waals surface area contributed by atoms with Crippen LogP contribution < -0.4 is 4.74 Å². The van der Waals surface area contributed by atoms with Crippen molar-refractivity contribution >= 4 is 40.0 Å². The zero-order valence-corrected chi connectivity index (χ0v) is 10.6. The molecule has 1 aromatic rings. The van der Waals surface area contributed by atoms with Gasteiger partial charge in [-0.05, 0) is 34.7 Å². The van der Waals surface area contributed by atoms with Crippen LogP contribution in [0.4, 0.5) is 0 Å². The van der Waals surface area contributed by atoms with Crippen molar-refractivity contribution < 1.29 is 9.53 Å². The number of benzene rings is 1. The van der Waals surface area contributed by atoms with Crippen LogP contribution in [0.5, 0.6) is 5.75 Å². The van der Waals surface area contributed by atoms with Gasteiger partial charge in [0.05, 0.1) is 13.0 Å². The average Bonchev–Trinajstić information content (AvgIpc) is 2.20. The molecule has 1 aromatic carbocycles. The van der Waals surface area contributed by atoms with Gasteiger partial charge in [-0.25, -0.2) is 0 Å². The molecule has 0 aliphatic heterocycles. The third kappa shape index (κ3) is 3.13. The summed E-state index contributed by atoms with van der Waals surface area (Å²) in [6.45, 7) is 0. The number of carbonyl (C=O) groups excluding carboxylic acids is 1. The topological polar surface area (TPSA) is 26.3 Å². The molecule has 0 bridgehead atoms. The highest BCUT2D eigenvalue weighted by Gasteiger charge is 2.07. The molecule has 0 N–H and O–H groups in total. The highest BCUT2D eigenvalue weighted by Crippen LogP contribution is 2.21. The van der Waals surface area contributed by atoms with Crippen molar-refractivity contribution in [2.45, 2.75) is 6.42 Å². The fourth-order valence-corrected chi connectivity index (χ4v) is 1.68. The molecule has 76 valence electrons. The van der Waals surface area contributed by atoms with Gasteiger partial charge in [0.1, 0.15) is 5.75 Å². The number of Topliss-reactive ketones (excluding diaryl/α,β-unsaturated/α-hetero) is 1. The molecule has 0 radical (unpaired) electrons. The summed E-state index contributed by atoms with van der Waals surface area (Å²) in [7, 11) is 1.60. The van der Waals surface area contributed by atoms with E-state index in [2.05, 4.69) is 22.6 Å². The first kappa shape index (κ1) is 11.8. The summed E-state index contributed by atoms with van der Waals surface area (Å²) in [6, 6.07) is 5.74. The molecule has 0 spiro atoms. The minimum Gasteiger partial charge on any atom is -0.496 e. The highest BCUT2D eigenvalue weighted by atomic mass is 127. The molecule has 0 unspecified atom stereocenters. The van der Waals surface area contributed by atoms with E-state index in [4.69, 9.17) is 16.3 Å². The summed E-state index contributed by atoms with van der Waals surface area (Å²) in [5.41, 5.74) is 0.888. The van der Waals surface area contributed by atoms with Gasteiger partial charge in [-0.2, -0.15) is 0 Å². The Morgan fingerprint density at radius 2 is 2.29 bits per heavy atom. The molecule has 0 saturated carbocycles. The van der Waals surface area contributed by atoms with Crippen LogP contribution in [0.1, 0.15) is 5.56 Å². The largest absolute Gasteiger partial charge is 0.496 e. The number of halogens is 2. The second-order valence-electron chi connectivity index (χ2n) is 2.81. The maximum atomic E-state index is 11.1. The Bertz CT molecular complexity index is 339. The number of alkyl halides is 1. The van der Waals surface area contributed by atoms with E-state index >= 15 is 0 Å². The molecule has 0 aromatic heterocycles. The first-order chi connectivity index (χ1) is 6.67. The smallest absolute Gasteiger partial charge is 0.152 e. The Labute approximate surface area is 102 Å². The Balaban J connectivity index is 2.90. The summed E-state index contributed by atoms with van der Waals surface area (Å²) < 4.78 is 6.26. The van der Waals surface area contributed by atoms with E-state index in [0.717, 1.165) is 14.9 Å². The second-order valence-corrected chi connectivity index (χ2v) is 4.32. The molecule has 0 saturated heterocycles. The quantitative estimate of drug-likeness (QED) is 0.629. The fourth-order valence-electron chi connectivity index (χ4n) is 1.12. The lowest BCUT2D eigenvalue weighted by molar-refractivity contribution is -0.116. The first-order valence-electron chi connectivity index (χ1n) is 4.07. The number of ketones is 1. The van der Waals surface area contributed by atoms with Crippen LogP contribution in [0.2, 0.25) is 0 Å². The molecule has 0 fully saturated rings. The molecule has 14 heavy (non-hydrogen) atoms. The summed E-state index contributed by atoms with van der Waals surface area (Å²) in [6.07, 6.45) is 0.337. The molecule has 0 amide bonds. The van der Waals surface area contributed by atoms with Gasteiger partial charge < -0.3 is 4.74 Å². The lowest BCUT2D eigenvalue weighted by atomic mass is 10.1. The predicted octanol–water partition coefficient (Wildman–Crippen LogP) is 2.65. The van der Waals surface area contributed by atoms with Crippen LogP contribution in [-0.2, 0) is 11.2 Å². The number of rotatable bonds is 4. The van der Waals surface area contributed by atoms with Crippen LogP contribution in [0.25, 0.3) is 0 Å². The molecule has 0 aliphatic carbocycles. The number of hydrogen-bond acceptors (Lipinski definition) is 2. The van der Waals surface area contributed by atoms with E-state index < -0.39 is 0 Å². The van der Waals surface area contributed by atoms with Gasteiger partial charge in [0, 0.05) is 15.6 Å². The van der Waals surface area contributed by atoms with Crippen molar-refractivity contribution in [3.8, 4) is 5.75 Å². The van der Waals surface area contributed by atoms with Crippen LogP contribution in [0.15, 0.2) is 18.2 Å². The van der Waals surface area contributed by atoms with Crippen LogP contribution >= 0.6 is 34.2 Å². The van der Waals surface area contributed by atoms with Crippen molar-refractivity contribution in [3.05, 3.63) is 27.3 Å². The van der Waals surface area contributed by atoms with E-state index in [0.29, 0.717) is 6.42 Å². The molecular formula is C10H10ClIO2. The molecule has 0 atom stereocenters. The van der Waals surface area contributed by atoms with Crippen molar-refractivity contribution in [2.24, 2.45) is 0 Å². The normalized spacial score (nSPS) is 9.93. The van der Waals surface area contributed by atoms with Gasteiger partial charge in [-0.1, -0.05) is 6.07 Å². The molecule has 0 aliphatic rings. The van der Waals surface area contributed by atoms with Crippen molar-refractivity contribution in [3.63, 3.8) is 0 Å². The maximum absolute atomic E-state index is 11.1. The zero-order valence-electron chi connectivity index (χ0n) is 7.72. The van der Waals surface area contributed by atoms with Gasteiger partial charge in [0.2, 0.25) is 0 Å². The van der Waals surface area contributed by atoms with E-state index in [1.165, 1.54) is 0 Å². The number of hydrogen-bond donors (Lipinski definition) is 0. The summed E-state index contributed by atoms with van der Waals surface area (Å²) in [5.74, 6) is 0.802. The third-order valence-corrected chi connectivity index (χ3v) is 2.75. The van der Waals surface area contributed by atoms with Gasteiger partial charge in [-0.15, -0.1) is 11.6 Å². The Hall–Kier alpha value is -0.290. The highest BCUT2D eigenvalue weighted by molar-refractivity contribution is 14.1. The first-order valence-corrected chi connectivity index (χ1v) is 5.68. The van der Waals surface area contributed by atoms with Gasteiger partial charge >= 0.3 is 0 Å². The summed E-state index contributed by atoms with van der Waals surface area (Å²) >= 11 is 7.63. The van der Waals surface area contributed by atoms with Gasteiger partial charge in [0.15, 0.2) is 5.78 Å². The van der Waals surface area contributed by atoms with Crippen LogP contribution in [0.3, 0.4) is 0 Å². The number of carbonyl (C=O) groups is 1. The molecule has 2 nitrogen and oxygen atoms in total. The number of methoxy groups -OCH3 is 1.